The number of amides is 1. The summed E-state index contributed by atoms with van der Waals surface area (Å²) in [7, 11) is -3.81. The lowest BCUT2D eigenvalue weighted by Gasteiger charge is -2.14. The average Bonchev–Trinajstić information content (AvgIpc) is 2.70. The standard InChI is InChI=1S/C22H20F2N2O4S/c23-22(24)30-20-11-8-18(14-17(20)12-15-4-2-1-3-5-15)26-21(27)13-16-6-9-19(10-7-16)31(25,28)29/h1-11,14,22H,12-13H2,(H,26,27)(H2,25,28,29). The normalized spacial score (nSPS) is 11.4. The molecule has 0 atom stereocenters. The number of primary sulfonamides is 1. The van der Waals surface area contributed by atoms with E-state index in [2.05, 4.69) is 10.1 Å². The van der Waals surface area contributed by atoms with Crippen LogP contribution in [0.4, 0.5) is 14.5 Å². The Morgan fingerprint density at radius 1 is 0.968 bits per heavy atom. The summed E-state index contributed by atoms with van der Waals surface area (Å²) in [5.41, 5.74) is 2.42. The van der Waals surface area contributed by atoms with E-state index in [1.54, 1.807) is 6.07 Å². The summed E-state index contributed by atoms with van der Waals surface area (Å²) >= 11 is 0. The van der Waals surface area contributed by atoms with Crippen LogP contribution < -0.4 is 15.2 Å². The van der Waals surface area contributed by atoms with E-state index in [4.69, 9.17) is 5.14 Å². The van der Waals surface area contributed by atoms with E-state index in [1.165, 1.54) is 36.4 Å². The molecule has 0 aliphatic carbocycles. The number of nitrogens with one attached hydrogen (secondary N) is 1. The number of benzene rings is 3. The van der Waals surface area contributed by atoms with Gasteiger partial charge < -0.3 is 10.1 Å². The van der Waals surface area contributed by atoms with Crippen molar-refractivity contribution < 1.29 is 26.7 Å². The Balaban J connectivity index is 1.74. The summed E-state index contributed by atoms with van der Waals surface area (Å²) in [5.74, 6) is -0.313. The molecule has 0 radical (unpaired) electrons. The number of ether oxygens (including phenoxy) is 1. The van der Waals surface area contributed by atoms with Gasteiger partial charge in [-0.2, -0.15) is 8.78 Å². The van der Waals surface area contributed by atoms with Gasteiger partial charge in [0.1, 0.15) is 5.75 Å². The predicted molar refractivity (Wildman–Crippen MR) is 112 cm³/mol. The maximum atomic E-state index is 12.8. The number of carbonyl (C=O) groups is 1. The van der Waals surface area contributed by atoms with Crippen LogP contribution >= 0.6 is 0 Å². The second-order valence-corrected chi connectivity index (χ2v) is 8.34. The first-order chi connectivity index (χ1) is 14.7. The van der Waals surface area contributed by atoms with Crippen molar-refractivity contribution >= 4 is 21.6 Å². The lowest BCUT2D eigenvalue weighted by atomic mass is 10.0. The molecule has 31 heavy (non-hydrogen) atoms. The first-order valence-electron chi connectivity index (χ1n) is 9.24. The Morgan fingerprint density at radius 2 is 1.65 bits per heavy atom. The number of rotatable bonds is 8. The van der Waals surface area contributed by atoms with Crippen molar-refractivity contribution in [1.82, 2.24) is 0 Å². The van der Waals surface area contributed by atoms with Gasteiger partial charge in [-0.05, 0) is 41.5 Å². The smallest absolute Gasteiger partial charge is 0.387 e. The van der Waals surface area contributed by atoms with Gasteiger partial charge in [-0.3, -0.25) is 4.79 Å². The molecule has 3 rings (SSSR count). The zero-order chi connectivity index (χ0) is 22.4. The van der Waals surface area contributed by atoms with Crippen LogP contribution in [0.2, 0.25) is 0 Å². The Hall–Kier alpha value is -3.30. The monoisotopic (exact) mass is 446 g/mol. The maximum Gasteiger partial charge on any atom is 0.387 e. The molecule has 0 saturated carbocycles. The number of alkyl halides is 2. The van der Waals surface area contributed by atoms with Gasteiger partial charge in [-0.1, -0.05) is 42.5 Å². The third kappa shape index (κ3) is 6.59. The summed E-state index contributed by atoms with van der Waals surface area (Å²) in [4.78, 5) is 12.3. The number of halogens is 2. The van der Waals surface area contributed by atoms with Gasteiger partial charge in [0.15, 0.2) is 0 Å². The SMILES string of the molecule is NS(=O)(=O)c1ccc(CC(=O)Nc2ccc(OC(F)F)c(Cc3ccccc3)c2)cc1. The molecule has 9 heteroatoms. The number of anilines is 1. The molecule has 0 fully saturated rings. The van der Waals surface area contributed by atoms with Crippen molar-refractivity contribution in [1.29, 1.82) is 0 Å². The third-order valence-electron chi connectivity index (χ3n) is 4.41. The summed E-state index contributed by atoms with van der Waals surface area (Å²) in [5, 5.41) is 7.77. The van der Waals surface area contributed by atoms with Gasteiger partial charge in [0.25, 0.3) is 0 Å². The van der Waals surface area contributed by atoms with Gasteiger partial charge in [-0.25, -0.2) is 13.6 Å². The summed E-state index contributed by atoms with van der Waals surface area (Å²) in [6.45, 7) is -2.96. The highest BCUT2D eigenvalue weighted by Gasteiger charge is 2.13. The molecule has 6 nitrogen and oxygen atoms in total. The van der Waals surface area contributed by atoms with Gasteiger partial charge in [-0.15, -0.1) is 0 Å². The molecular formula is C22H20F2N2O4S. The largest absolute Gasteiger partial charge is 0.435 e. The molecule has 0 heterocycles. The van der Waals surface area contributed by atoms with E-state index in [1.807, 2.05) is 30.3 Å². The van der Waals surface area contributed by atoms with Crippen molar-refractivity contribution in [2.24, 2.45) is 5.14 Å². The number of hydrogen-bond acceptors (Lipinski definition) is 4. The second kappa shape index (κ2) is 9.67. The fourth-order valence-corrected chi connectivity index (χ4v) is 3.53. The van der Waals surface area contributed by atoms with E-state index in [9.17, 15) is 22.0 Å². The molecule has 0 aliphatic rings. The molecule has 0 saturated heterocycles. The number of carbonyl (C=O) groups excluding carboxylic acids is 1. The van der Waals surface area contributed by atoms with Crippen molar-refractivity contribution in [2.45, 2.75) is 24.3 Å². The van der Waals surface area contributed by atoms with Gasteiger partial charge >= 0.3 is 6.61 Å². The van der Waals surface area contributed by atoms with Crippen molar-refractivity contribution in [2.75, 3.05) is 5.32 Å². The summed E-state index contributed by atoms with van der Waals surface area (Å²) in [6, 6.07) is 19.4. The molecule has 0 aromatic heterocycles. The summed E-state index contributed by atoms with van der Waals surface area (Å²) in [6.07, 6.45) is 0.343. The lowest BCUT2D eigenvalue weighted by molar-refractivity contribution is -0.115. The van der Waals surface area contributed by atoms with Gasteiger partial charge in [0.2, 0.25) is 15.9 Å². The Labute approximate surface area is 178 Å². The zero-order valence-corrected chi connectivity index (χ0v) is 17.1. The van der Waals surface area contributed by atoms with Crippen LogP contribution in [0.3, 0.4) is 0 Å². The fraction of sp³-hybridized carbons (Fsp3) is 0.136. The number of nitrogens with two attached hydrogens (primary N) is 1. The van der Waals surface area contributed by atoms with Crippen LogP contribution in [0.1, 0.15) is 16.7 Å². The lowest BCUT2D eigenvalue weighted by Crippen LogP contribution is -2.15. The first kappa shape index (κ1) is 22.4. The van der Waals surface area contributed by atoms with Crippen LogP contribution in [0.15, 0.2) is 77.7 Å². The van der Waals surface area contributed by atoms with Crippen LogP contribution in [0.5, 0.6) is 5.75 Å². The number of hydrogen-bond donors (Lipinski definition) is 2. The molecule has 3 aromatic carbocycles. The topological polar surface area (TPSA) is 98.5 Å². The molecule has 162 valence electrons. The fourth-order valence-electron chi connectivity index (χ4n) is 3.01. The quantitative estimate of drug-likeness (QED) is 0.551. The van der Waals surface area contributed by atoms with Crippen molar-refractivity contribution in [3.05, 3.63) is 89.5 Å². The third-order valence-corrected chi connectivity index (χ3v) is 5.34. The van der Waals surface area contributed by atoms with E-state index in [0.717, 1.165) is 5.56 Å². The van der Waals surface area contributed by atoms with E-state index in [0.29, 0.717) is 23.2 Å². The average molecular weight is 446 g/mol. The van der Waals surface area contributed by atoms with Crippen LogP contribution in [-0.2, 0) is 27.7 Å². The van der Waals surface area contributed by atoms with Gasteiger partial charge in [0, 0.05) is 17.7 Å². The minimum Gasteiger partial charge on any atom is -0.435 e. The molecule has 1 amide bonds. The van der Waals surface area contributed by atoms with E-state index in [-0.39, 0.29) is 23.0 Å². The summed E-state index contributed by atoms with van der Waals surface area (Å²) < 4.78 is 52.7. The predicted octanol–water partition coefficient (Wildman–Crippen LogP) is 3.71. The van der Waals surface area contributed by atoms with Gasteiger partial charge in [0.05, 0.1) is 11.3 Å². The number of sulfonamides is 1. The molecule has 0 spiro atoms. The highest BCUT2D eigenvalue weighted by molar-refractivity contribution is 7.89. The minimum absolute atomic E-state index is 0.00575. The highest BCUT2D eigenvalue weighted by atomic mass is 32.2. The first-order valence-corrected chi connectivity index (χ1v) is 10.8. The van der Waals surface area contributed by atoms with Crippen molar-refractivity contribution in [3.8, 4) is 5.75 Å². The van der Waals surface area contributed by atoms with Crippen molar-refractivity contribution in [3.63, 3.8) is 0 Å². The Kier molecular flexibility index (Phi) is 6.98. The molecule has 0 aliphatic heterocycles. The Morgan fingerprint density at radius 3 is 2.26 bits per heavy atom. The molecule has 3 aromatic rings. The molecular weight excluding hydrogens is 426 g/mol. The molecule has 3 N–H and O–H groups in total. The Bertz CT molecular complexity index is 1150. The molecule has 0 bridgehead atoms. The minimum atomic E-state index is -3.81. The zero-order valence-electron chi connectivity index (χ0n) is 16.3. The van der Waals surface area contributed by atoms with Crippen LogP contribution in [0.25, 0.3) is 0 Å². The van der Waals surface area contributed by atoms with Crippen LogP contribution in [-0.4, -0.2) is 20.9 Å². The maximum absolute atomic E-state index is 12.8. The molecule has 0 unspecified atom stereocenters. The second-order valence-electron chi connectivity index (χ2n) is 6.78. The van der Waals surface area contributed by atoms with E-state index < -0.39 is 16.6 Å². The van der Waals surface area contributed by atoms with Crippen LogP contribution in [0, 0.1) is 0 Å². The van der Waals surface area contributed by atoms with E-state index >= 15 is 0 Å². The highest BCUT2D eigenvalue weighted by Crippen LogP contribution is 2.27.